The van der Waals surface area contributed by atoms with Gasteiger partial charge in [-0.05, 0) is 62.9 Å². The zero-order valence-corrected chi connectivity index (χ0v) is 36.6. The van der Waals surface area contributed by atoms with Crippen molar-refractivity contribution in [2.75, 3.05) is 81.6 Å². The quantitative estimate of drug-likeness (QED) is 0.157. The minimum Gasteiger partial charge on any atom is -0.502 e. The summed E-state index contributed by atoms with van der Waals surface area (Å²) >= 11 is 3.48. The van der Waals surface area contributed by atoms with Crippen LogP contribution in [0.15, 0.2) is 47.6 Å². The van der Waals surface area contributed by atoms with Crippen LogP contribution in [0, 0.1) is 0 Å². The summed E-state index contributed by atoms with van der Waals surface area (Å²) in [5.41, 5.74) is 2.69. The zero-order chi connectivity index (χ0) is 38.4. The Bertz CT molecular complexity index is 769. The fourth-order valence-corrected chi connectivity index (χ4v) is 2.34. The van der Waals surface area contributed by atoms with E-state index in [1.165, 1.54) is 52.9 Å². The van der Waals surface area contributed by atoms with Crippen molar-refractivity contribution in [3.8, 4) is 0 Å². The van der Waals surface area contributed by atoms with E-state index in [4.69, 9.17) is 4.74 Å². The molecule has 0 saturated carbocycles. The monoisotopic (exact) mass is 692 g/mol. The van der Waals surface area contributed by atoms with Gasteiger partial charge in [0.2, 0.25) is 5.84 Å². The SMILES string of the molecule is C=C(C)OC.C=C(C)OCC.C=C(C)SC.C=C(C)SCC.CC(C)=[N+](C)C.CC(C)=[N+](C)C.CCC.CN1CCCC1=[N+](C)C. The van der Waals surface area contributed by atoms with Crippen LogP contribution in [0.25, 0.3) is 0 Å². The van der Waals surface area contributed by atoms with Crippen LogP contribution in [-0.4, -0.2) is 117 Å². The minimum atomic E-state index is 0.731. The number of hydrogen-bond acceptors (Lipinski definition) is 4. The zero-order valence-electron chi connectivity index (χ0n) is 35.0. The molecule has 1 aliphatic heterocycles. The largest absolute Gasteiger partial charge is 0.502 e. The van der Waals surface area contributed by atoms with Crippen molar-refractivity contribution in [2.24, 2.45) is 0 Å². The highest BCUT2D eigenvalue weighted by atomic mass is 32.2. The Balaban J connectivity index is -0.0000000768. The number of ether oxygens (including phenoxy) is 2. The average Bonchev–Trinajstić information content (AvgIpc) is 3.37. The fourth-order valence-electron chi connectivity index (χ4n) is 1.85. The van der Waals surface area contributed by atoms with Gasteiger partial charge in [0.15, 0.2) is 0 Å². The molecular weight excluding hydrogens is 609 g/mol. The number of amidine groups is 1. The Morgan fingerprint density at radius 1 is 0.739 bits per heavy atom. The molecule has 0 bridgehead atoms. The second-order valence-corrected chi connectivity index (χ2v) is 14.0. The number of methoxy groups -OCH3 is 1. The van der Waals surface area contributed by atoms with Gasteiger partial charge >= 0.3 is 0 Å². The van der Waals surface area contributed by atoms with Gasteiger partial charge in [-0.3, -0.25) is 9.48 Å². The van der Waals surface area contributed by atoms with Gasteiger partial charge in [0.05, 0.1) is 59.3 Å². The fraction of sp³-hybridized carbons (Fsp3) is 0.711. The molecule has 6 nitrogen and oxygen atoms in total. The summed E-state index contributed by atoms with van der Waals surface area (Å²) < 4.78 is 15.8. The predicted molar refractivity (Wildman–Crippen MR) is 221 cm³/mol. The van der Waals surface area contributed by atoms with Crippen molar-refractivity contribution in [1.29, 1.82) is 0 Å². The van der Waals surface area contributed by atoms with E-state index in [-0.39, 0.29) is 0 Å². The first-order chi connectivity index (χ1) is 21.0. The number of thioether (sulfide) groups is 2. The molecule has 0 aromatic carbocycles. The molecule has 0 atom stereocenters. The molecule has 0 N–H and O–H groups in total. The van der Waals surface area contributed by atoms with Crippen LogP contribution in [0.4, 0.5) is 0 Å². The van der Waals surface area contributed by atoms with E-state index in [1.54, 1.807) is 37.6 Å². The summed E-state index contributed by atoms with van der Waals surface area (Å²) in [6.07, 6.45) is 5.84. The van der Waals surface area contributed by atoms with E-state index in [0.717, 1.165) is 23.9 Å². The Labute approximate surface area is 299 Å². The van der Waals surface area contributed by atoms with Gasteiger partial charge in [-0.1, -0.05) is 53.5 Å². The summed E-state index contributed by atoms with van der Waals surface area (Å²) in [5.74, 6) is 4.16. The third kappa shape index (κ3) is 78.5. The summed E-state index contributed by atoms with van der Waals surface area (Å²) in [6, 6.07) is 0. The molecule has 0 spiro atoms. The Hall–Kier alpha value is -1.93. The van der Waals surface area contributed by atoms with Crippen LogP contribution in [-0.2, 0) is 9.47 Å². The molecule has 0 aromatic rings. The van der Waals surface area contributed by atoms with E-state index < -0.39 is 0 Å². The molecule has 1 heterocycles. The number of rotatable bonds is 6. The van der Waals surface area contributed by atoms with Crippen molar-refractivity contribution in [3.63, 3.8) is 0 Å². The lowest BCUT2D eigenvalue weighted by Gasteiger charge is -2.04. The number of hydrogen-bond donors (Lipinski definition) is 0. The summed E-state index contributed by atoms with van der Waals surface area (Å²) in [6.45, 7) is 40.6. The van der Waals surface area contributed by atoms with Crippen LogP contribution in [0.1, 0.15) is 102 Å². The Morgan fingerprint density at radius 3 is 1.11 bits per heavy atom. The lowest BCUT2D eigenvalue weighted by atomic mass is 10.4. The highest BCUT2D eigenvalue weighted by Gasteiger charge is 2.21. The number of allylic oxidation sites excluding steroid dienone is 4. The maximum Gasteiger partial charge on any atom is 0.246 e. The van der Waals surface area contributed by atoms with Gasteiger partial charge < -0.3 is 9.47 Å². The molecule has 0 amide bonds. The average molecular weight is 692 g/mol. The van der Waals surface area contributed by atoms with Crippen molar-refractivity contribution >= 4 is 40.8 Å². The molecule has 46 heavy (non-hydrogen) atoms. The molecule has 0 aliphatic carbocycles. The molecule has 276 valence electrons. The van der Waals surface area contributed by atoms with Crippen molar-refractivity contribution < 1.29 is 23.2 Å². The van der Waals surface area contributed by atoms with Gasteiger partial charge in [0.1, 0.15) is 39.6 Å². The van der Waals surface area contributed by atoms with Crippen molar-refractivity contribution in [3.05, 3.63) is 47.6 Å². The molecule has 8 heteroatoms. The van der Waals surface area contributed by atoms with Gasteiger partial charge in [0, 0.05) is 27.7 Å². The molecular formula is C38H83N4O2S2+3. The lowest BCUT2D eigenvalue weighted by Crippen LogP contribution is -2.26. The molecule has 0 unspecified atom stereocenters. The molecule has 1 fully saturated rings. The van der Waals surface area contributed by atoms with Gasteiger partial charge in [-0.2, -0.15) is 0 Å². The molecule has 1 saturated heterocycles. The number of nitrogens with zero attached hydrogens (tertiary/aromatic N) is 4. The second kappa shape index (κ2) is 45.2. The predicted octanol–water partition coefficient (Wildman–Crippen LogP) is 10.2. The van der Waals surface area contributed by atoms with E-state index in [9.17, 15) is 0 Å². The highest BCUT2D eigenvalue weighted by molar-refractivity contribution is 8.03. The van der Waals surface area contributed by atoms with Crippen LogP contribution in [0.2, 0.25) is 0 Å². The van der Waals surface area contributed by atoms with Crippen LogP contribution in [0.5, 0.6) is 0 Å². The Kier molecular flexibility index (Phi) is 58.4. The topological polar surface area (TPSA) is 30.7 Å². The maximum atomic E-state index is 4.85. The van der Waals surface area contributed by atoms with Crippen LogP contribution < -0.4 is 0 Å². The third-order valence-electron chi connectivity index (χ3n) is 5.12. The maximum absolute atomic E-state index is 4.85. The number of likely N-dealkylation sites (tertiary alicyclic amines) is 1. The van der Waals surface area contributed by atoms with Crippen LogP contribution in [0.3, 0.4) is 0 Å². The first-order valence-corrected chi connectivity index (χ1v) is 18.4. The van der Waals surface area contributed by atoms with Gasteiger partial charge in [0.25, 0.3) is 0 Å². The summed E-state index contributed by atoms with van der Waals surface area (Å²) in [7, 11) is 16.1. The van der Waals surface area contributed by atoms with Crippen molar-refractivity contribution in [2.45, 2.75) is 102 Å². The van der Waals surface area contributed by atoms with Gasteiger partial charge in [-0.25, -0.2) is 9.15 Å². The van der Waals surface area contributed by atoms with E-state index in [0.29, 0.717) is 0 Å². The minimum absolute atomic E-state index is 0.731. The van der Waals surface area contributed by atoms with E-state index >= 15 is 0 Å². The Morgan fingerprint density at radius 2 is 1.07 bits per heavy atom. The van der Waals surface area contributed by atoms with E-state index in [1.807, 2.05) is 62.1 Å². The van der Waals surface area contributed by atoms with Crippen molar-refractivity contribution in [1.82, 2.24) is 4.90 Å². The van der Waals surface area contributed by atoms with E-state index in [2.05, 4.69) is 119 Å². The smallest absolute Gasteiger partial charge is 0.246 e. The third-order valence-corrected chi connectivity index (χ3v) is 6.60. The molecule has 1 rings (SSSR count). The second-order valence-electron chi connectivity index (χ2n) is 11.3. The molecule has 1 aliphatic rings. The molecule has 0 radical (unpaired) electrons. The standard InChI is InChI=1S/C7H15N2.2C5H12N.C5H10O.C5H10S.C4H8O.C4H8S.C3H8/c1-8(2)7-5-4-6-9(7)3;2*1-5(2)6(3)4;2*1-4-6-5(2)3;2*1-4(2)5-3;1-3-2/h4-6H2,1-3H3;2*1-4H3;2*2,4H2,1,3H3;2*1H2,2-3H3;3H2,1-2H3/q3*+1;;;;;. The first-order valence-electron chi connectivity index (χ1n) is 16.1. The summed E-state index contributed by atoms with van der Waals surface area (Å²) in [5, 5.41) is 0. The highest BCUT2D eigenvalue weighted by Crippen LogP contribution is 2.09. The lowest BCUT2D eigenvalue weighted by molar-refractivity contribution is -0.470. The summed E-state index contributed by atoms with van der Waals surface area (Å²) in [4.78, 5) is 4.70. The van der Waals surface area contributed by atoms with Gasteiger partial charge in [-0.15, -0.1) is 23.5 Å². The molecule has 0 aromatic heterocycles. The normalized spacial score (nSPS) is 9.85. The van der Waals surface area contributed by atoms with Crippen LogP contribution >= 0.6 is 23.5 Å². The first kappa shape index (κ1) is 59.5.